The molecule has 2 heteroatoms. The molecule has 15 heavy (non-hydrogen) atoms. The monoisotopic (exact) mass is 202 g/mol. The lowest BCUT2D eigenvalue weighted by Crippen LogP contribution is -2.50. The van der Waals surface area contributed by atoms with Crippen molar-refractivity contribution >= 4 is 5.69 Å². The molecule has 0 radical (unpaired) electrons. The van der Waals surface area contributed by atoms with E-state index in [-0.39, 0.29) is 0 Å². The highest BCUT2D eigenvalue weighted by molar-refractivity contribution is 5.60. The van der Waals surface area contributed by atoms with Gasteiger partial charge in [0.05, 0.1) is 0 Å². The van der Waals surface area contributed by atoms with Crippen LogP contribution in [0, 0.1) is 5.41 Å². The molecule has 2 atom stereocenters. The minimum Gasteiger partial charge on any atom is -0.380 e. The summed E-state index contributed by atoms with van der Waals surface area (Å²) in [6.45, 7) is 6.92. The van der Waals surface area contributed by atoms with E-state index in [9.17, 15) is 0 Å². The van der Waals surface area contributed by atoms with Crippen molar-refractivity contribution in [1.29, 1.82) is 0 Å². The maximum atomic E-state index is 3.63. The van der Waals surface area contributed by atoms with Crippen LogP contribution in [-0.2, 0) is 0 Å². The molecule has 2 aliphatic heterocycles. The van der Waals surface area contributed by atoms with E-state index < -0.39 is 0 Å². The average molecular weight is 202 g/mol. The van der Waals surface area contributed by atoms with E-state index in [1.807, 2.05) is 0 Å². The Morgan fingerprint density at radius 2 is 2.07 bits per heavy atom. The second-order valence-electron chi connectivity index (χ2n) is 5.44. The lowest BCUT2D eigenvalue weighted by Gasteiger charge is -2.41. The van der Waals surface area contributed by atoms with Gasteiger partial charge < -0.3 is 10.6 Å². The van der Waals surface area contributed by atoms with E-state index in [0.29, 0.717) is 17.4 Å². The van der Waals surface area contributed by atoms with E-state index in [1.54, 1.807) is 0 Å². The van der Waals surface area contributed by atoms with Gasteiger partial charge in [0.2, 0.25) is 0 Å². The molecule has 1 saturated heterocycles. The molecule has 3 rings (SSSR count). The van der Waals surface area contributed by atoms with Gasteiger partial charge in [0.1, 0.15) is 0 Å². The van der Waals surface area contributed by atoms with Gasteiger partial charge in [-0.05, 0) is 17.0 Å². The Bertz CT molecular complexity index is 384. The van der Waals surface area contributed by atoms with Crippen LogP contribution < -0.4 is 10.6 Å². The number of benzene rings is 1. The lowest BCUT2D eigenvalue weighted by atomic mass is 9.70. The van der Waals surface area contributed by atoms with Gasteiger partial charge in [-0.1, -0.05) is 32.0 Å². The van der Waals surface area contributed by atoms with Crippen LogP contribution in [0.25, 0.3) is 0 Å². The molecule has 2 heterocycles. The summed E-state index contributed by atoms with van der Waals surface area (Å²) >= 11 is 0. The van der Waals surface area contributed by atoms with E-state index in [2.05, 4.69) is 48.7 Å². The fourth-order valence-corrected chi connectivity index (χ4v) is 3.19. The first kappa shape index (κ1) is 9.22. The summed E-state index contributed by atoms with van der Waals surface area (Å²) in [5, 5.41) is 7.15. The molecule has 0 aliphatic carbocycles. The first-order valence-corrected chi connectivity index (χ1v) is 5.75. The Hall–Kier alpha value is -1.02. The Kier molecular flexibility index (Phi) is 1.84. The largest absolute Gasteiger partial charge is 0.380 e. The van der Waals surface area contributed by atoms with Crippen molar-refractivity contribution in [1.82, 2.24) is 5.32 Å². The van der Waals surface area contributed by atoms with Crippen molar-refractivity contribution in [2.45, 2.75) is 25.8 Å². The number of anilines is 1. The standard InChI is InChI=1S/C13H18N2/c1-13(2)8-14-7-11-12(13)9-5-3-4-6-10(9)15-11/h3-6,11-12,14-15H,7-8H2,1-2H3. The van der Waals surface area contributed by atoms with Crippen LogP contribution in [0.1, 0.15) is 25.3 Å². The van der Waals surface area contributed by atoms with Crippen LogP contribution >= 0.6 is 0 Å². The summed E-state index contributed by atoms with van der Waals surface area (Å²) in [5.74, 6) is 0.662. The zero-order valence-corrected chi connectivity index (χ0v) is 9.38. The SMILES string of the molecule is CC1(C)CNCC2Nc3ccccc3C21. The molecule has 2 N–H and O–H groups in total. The van der Waals surface area contributed by atoms with Gasteiger partial charge in [-0.25, -0.2) is 0 Å². The predicted octanol–water partition coefficient (Wildman–Crippen LogP) is 2.19. The molecule has 2 unspecified atom stereocenters. The second kappa shape index (κ2) is 2.99. The van der Waals surface area contributed by atoms with Crippen LogP contribution in [0.4, 0.5) is 5.69 Å². The lowest BCUT2D eigenvalue weighted by molar-refractivity contribution is 0.212. The van der Waals surface area contributed by atoms with Crippen LogP contribution in [-0.4, -0.2) is 19.1 Å². The van der Waals surface area contributed by atoms with Gasteiger partial charge >= 0.3 is 0 Å². The summed E-state index contributed by atoms with van der Waals surface area (Å²) in [5.41, 5.74) is 3.20. The number of para-hydroxylation sites is 1. The smallest absolute Gasteiger partial charge is 0.0460 e. The average Bonchev–Trinajstić information content (AvgIpc) is 2.56. The quantitative estimate of drug-likeness (QED) is 0.674. The minimum atomic E-state index is 0.350. The van der Waals surface area contributed by atoms with Crippen LogP contribution in [0.2, 0.25) is 0 Å². The molecule has 1 aromatic rings. The zero-order valence-electron chi connectivity index (χ0n) is 9.38. The molecule has 0 aromatic heterocycles. The maximum absolute atomic E-state index is 3.63. The van der Waals surface area contributed by atoms with Gasteiger partial charge in [0, 0.05) is 30.7 Å². The summed E-state index contributed by atoms with van der Waals surface area (Å²) < 4.78 is 0. The van der Waals surface area contributed by atoms with E-state index >= 15 is 0 Å². The number of rotatable bonds is 0. The van der Waals surface area contributed by atoms with Crippen LogP contribution in [0.3, 0.4) is 0 Å². The Balaban J connectivity index is 2.07. The van der Waals surface area contributed by atoms with Gasteiger partial charge in [-0.15, -0.1) is 0 Å². The van der Waals surface area contributed by atoms with E-state index in [0.717, 1.165) is 13.1 Å². The molecular formula is C13H18N2. The second-order valence-corrected chi connectivity index (χ2v) is 5.44. The van der Waals surface area contributed by atoms with Crippen molar-refractivity contribution in [2.75, 3.05) is 18.4 Å². The third-order valence-electron chi connectivity index (χ3n) is 3.83. The zero-order chi connectivity index (χ0) is 10.5. The molecule has 0 spiro atoms. The molecule has 2 aliphatic rings. The summed E-state index contributed by atoms with van der Waals surface area (Å²) in [6, 6.07) is 9.32. The number of fused-ring (bicyclic) bond motifs is 3. The highest BCUT2D eigenvalue weighted by atomic mass is 15.1. The molecular weight excluding hydrogens is 184 g/mol. The van der Waals surface area contributed by atoms with Crippen molar-refractivity contribution in [3.05, 3.63) is 29.8 Å². The first-order valence-electron chi connectivity index (χ1n) is 5.75. The first-order chi connectivity index (χ1) is 7.18. The fourth-order valence-electron chi connectivity index (χ4n) is 3.19. The Morgan fingerprint density at radius 3 is 2.93 bits per heavy atom. The molecule has 0 bridgehead atoms. The topological polar surface area (TPSA) is 24.1 Å². The Labute approximate surface area is 91.1 Å². The van der Waals surface area contributed by atoms with E-state index in [1.165, 1.54) is 11.3 Å². The van der Waals surface area contributed by atoms with Crippen LogP contribution in [0.5, 0.6) is 0 Å². The molecule has 1 fully saturated rings. The summed E-state index contributed by atoms with van der Waals surface area (Å²) in [6.07, 6.45) is 0. The van der Waals surface area contributed by atoms with Gasteiger partial charge in [-0.3, -0.25) is 0 Å². The maximum Gasteiger partial charge on any atom is 0.0460 e. The normalized spacial score (nSPS) is 31.6. The summed E-state index contributed by atoms with van der Waals surface area (Å²) in [7, 11) is 0. The highest BCUT2D eigenvalue weighted by Gasteiger charge is 2.44. The third kappa shape index (κ3) is 1.28. The highest BCUT2D eigenvalue weighted by Crippen LogP contribution is 2.47. The third-order valence-corrected chi connectivity index (χ3v) is 3.83. The van der Waals surface area contributed by atoms with Crippen molar-refractivity contribution in [2.24, 2.45) is 5.41 Å². The van der Waals surface area contributed by atoms with Gasteiger partial charge in [0.15, 0.2) is 0 Å². The van der Waals surface area contributed by atoms with Gasteiger partial charge in [-0.2, -0.15) is 0 Å². The number of nitrogens with one attached hydrogen (secondary N) is 2. The summed E-state index contributed by atoms with van der Waals surface area (Å²) in [4.78, 5) is 0. The number of hydrogen-bond donors (Lipinski definition) is 2. The number of piperidine rings is 1. The van der Waals surface area contributed by atoms with Crippen molar-refractivity contribution in [3.8, 4) is 0 Å². The molecule has 80 valence electrons. The molecule has 2 nitrogen and oxygen atoms in total. The van der Waals surface area contributed by atoms with Crippen molar-refractivity contribution in [3.63, 3.8) is 0 Å². The van der Waals surface area contributed by atoms with Gasteiger partial charge in [0.25, 0.3) is 0 Å². The molecule has 0 saturated carbocycles. The number of hydrogen-bond acceptors (Lipinski definition) is 2. The van der Waals surface area contributed by atoms with Crippen LogP contribution in [0.15, 0.2) is 24.3 Å². The molecule has 1 aromatic carbocycles. The molecule has 0 amide bonds. The van der Waals surface area contributed by atoms with E-state index in [4.69, 9.17) is 0 Å². The predicted molar refractivity (Wildman–Crippen MR) is 63.2 cm³/mol. The fraction of sp³-hybridized carbons (Fsp3) is 0.538. The van der Waals surface area contributed by atoms with Crippen molar-refractivity contribution < 1.29 is 0 Å². The minimum absolute atomic E-state index is 0.350. The Morgan fingerprint density at radius 1 is 1.27 bits per heavy atom.